The molecule has 1 heterocycles. The Kier molecular flexibility index (Phi) is 3.85. The van der Waals surface area contributed by atoms with Crippen molar-refractivity contribution in [3.05, 3.63) is 35.4 Å². The van der Waals surface area contributed by atoms with Gasteiger partial charge in [-0.3, -0.25) is 0 Å². The molecule has 1 fully saturated rings. The molecular formula is C15H23NO. The zero-order chi connectivity index (χ0) is 12.3. The van der Waals surface area contributed by atoms with Crippen LogP contribution in [0, 0.1) is 0 Å². The van der Waals surface area contributed by atoms with Crippen molar-refractivity contribution in [2.45, 2.75) is 45.2 Å². The molecule has 0 aliphatic carbocycles. The minimum Gasteiger partial charge on any atom is -0.379 e. The van der Waals surface area contributed by atoms with Gasteiger partial charge in [-0.2, -0.15) is 0 Å². The van der Waals surface area contributed by atoms with Crippen LogP contribution in [0.3, 0.4) is 0 Å². The highest BCUT2D eigenvalue weighted by Gasteiger charge is 2.28. The maximum Gasteiger partial charge on any atom is 0.0646 e. The molecular weight excluding hydrogens is 210 g/mol. The highest BCUT2D eigenvalue weighted by Crippen LogP contribution is 2.19. The zero-order valence-corrected chi connectivity index (χ0v) is 11.1. The van der Waals surface area contributed by atoms with E-state index in [0.29, 0.717) is 5.92 Å². The van der Waals surface area contributed by atoms with Gasteiger partial charge in [0.05, 0.1) is 6.61 Å². The summed E-state index contributed by atoms with van der Waals surface area (Å²) >= 11 is 0. The normalized spacial score (nSPS) is 24.5. The summed E-state index contributed by atoms with van der Waals surface area (Å²) in [5, 5.41) is 3.60. The van der Waals surface area contributed by atoms with Crippen molar-refractivity contribution >= 4 is 0 Å². The number of ether oxygens (including phenoxy) is 1. The third-order valence-electron chi connectivity index (χ3n) is 3.58. The molecule has 2 rings (SSSR count). The third-order valence-corrected chi connectivity index (χ3v) is 3.58. The number of hydrogen-bond acceptors (Lipinski definition) is 2. The summed E-state index contributed by atoms with van der Waals surface area (Å²) in [5.74, 6) is 0.609. The topological polar surface area (TPSA) is 21.3 Å². The van der Waals surface area contributed by atoms with E-state index in [1.165, 1.54) is 11.1 Å². The Bertz CT molecular complexity index is 350. The summed E-state index contributed by atoms with van der Waals surface area (Å²) < 4.78 is 5.44. The second kappa shape index (κ2) is 5.19. The van der Waals surface area contributed by atoms with Crippen molar-refractivity contribution in [2.24, 2.45) is 0 Å². The van der Waals surface area contributed by atoms with Crippen LogP contribution < -0.4 is 5.32 Å². The number of rotatable bonds is 4. The first-order valence-corrected chi connectivity index (χ1v) is 6.51. The molecule has 0 spiro atoms. The average molecular weight is 233 g/mol. The molecule has 1 N–H and O–H groups in total. The van der Waals surface area contributed by atoms with Gasteiger partial charge in [-0.05, 0) is 30.4 Å². The first-order chi connectivity index (χ1) is 8.09. The van der Waals surface area contributed by atoms with Crippen molar-refractivity contribution in [2.75, 3.05) is 13.2 Å². The van der Waals surface area contributed by atoms with Crippen LogP contribution in [0.5, 0.6) is 0 Å². The van der Waals surface area contributed by atoms with Crippen LogP contribution in [0.1, 0.15) is 44.2 Å². The second-order valence-corrected chi connectivity index (χ2v) is 5.61. The van der Waals surface area contributed by atoms with Crippen molar-refractivity contribution in [1.29, 1.82) is 0 Å². The van der Waals surface area contributed by atoms with Crippen molar-refractivity contribution < 1.29 is 4.74 Å². The molecule has 1 atom stereocenters. The second-order valence-electron chi connectivity index (χ2n) is 5.61. The summed E-state index contributed by atoms with van der Waals surface area (Å²) in [4.78, 5) is 0. The lowest BCUT2D eigenvalue weighted by Crippen LogP contribution is -2.42. The molecule has 1 saturated heterocycles. The molecule has 17 heavy (non-hydrogen) atoms. The van der Waals surface area contributed by atoms with E-state index in [4.69, 9.17) is 4.74 Å². The van der Waals surface area contributed by atoms with Gasteiger partial charge in [0, 0.05) is 18.7 Å². The lowest BCUT2D eigenvalue weighted by Gasteiger charge is -2.23. The van der Waals surface area contributed by atoms with E-state index < -0.39 is 0 Å². The molecule has 2 nitrogen and oxygen atoms in total. The first-order valence-electron chi connectivity index (χ1n) is 6.51. The molecule has 1 unspecified atom stereocenters. The van der Waals surface area contributed by atoms with Crippen LogP contribution in [-0.2, 0) is 11.3 Å². The lowest BCUT2D eigenvalue weighted by molar-refractivity contribution is 0.171. The van der Waals surface area contributed by atoms with E-state index in [0.717, 1.165) is 26.2 Å². The van der Waals surface area contributed by atoms with E-state index in [-0.39, 0.29) is 5.54 Å². The van der Waals surface area contributed by atoms with Gasteiger partial charge in [0.1, 0.15) is 0 Å². The Morgan fingerprint density at radius 1 is 1.29 bits per heavy atom. The summed E-state index contributed by atoms with van der Waals surface area (Å²) in [7, 11) is 0. The van der Waals surface area contributed by atoms with Crippen molar-refractivity contribution in [3.8, 4) is 0 Å². The van der Waals surface area contributed by atoms with Gasteiger partial charge in [0.2, 0.25) is 0 Å². The maximum atomic E-state index is 5.44. The molecule has 0 radical (unpaired) electrons. The van der Waals surface area contributed by atoms with Crippen LogP contribution >= 0.6 is 0 Å². The molecule has 94 valence electrons. The van der Waals surface area contributed by atoms with Gasteiger partial charge in [0.15, 0.2) is 0 Å². The van der Waals surface area contributed by atoms with Gasteiger partial charge in [-0.1, -0.05) is 38.1 Å². The van der Waals surface area contributed by atoms with Gasteiger partial charge in [0.25, 0.3) is 0 Å². The van der Waals surface area contributed by atoms with Crippen molar-refractivity contribution in [3.63, 3.8) is 0 Å². The maximum absolute atomic E-state index is 5.44. The van der Waals surface area contributed by atoms with Crippen LogP contribution in [0.25, 0.3) is 0 Å². The molecule has 1 aromatic carbocycles. The number of benzene rings is 1. The summed E-state index contributed by atoms with van der Waals surface area (Å²) in [5.41, 5.74) is 2.92. The number of hydrogen-bond donors (Lipinski definition) is 1. The summed E-state index contributed by atoms with van der Waals surface area (Å²) in [6, 6.07) is 8.91. The Labute approximate surface area is 104 Å². The van der Waals surface area contributed by atoms with Gasteiger partial charge in [-0.25, -0.2) is 0 Å². The van der Waals surface area contributed by atoms with Crippen molar-refractivity contribution in [1.82, 2.24) is 5.32 Å². The molecule has 0 amide bonds. The SMILES string of the molecule is CC(C)c1ccc(CNC2(C)CCOC2)cc1. The fourth-order valence-corrected chi connectivity index (χ4v) is 2.14. The third kappa shape index (κ3) is 3.30. The predicted molar refractivity (Wildman–Crippen MR) is 71.2 cm³/mol. The fourth-order valence-electron chi connectivity index (χ4n) is 2.14. The van der Waals surface area contributed by atoms with E-state index in [9.17, 15) is 0 Å². The Hall–Kier alpha value is -0.860. The molecule has 1 aromatic rings. The highest BCUT2D eigenvalue weighted by atomic mass is 16.5. The minimum absolute atomic E-state index is 0.163. The summed E-state index contributed by atoms with van der Waals surface area (Å²) in [6.07, 6.45) is 1.11. The van der Waals surface area contributed by atoms with E-state index >= 15 is 0 Å². The molecule has 0 bridgehead atoms. The van der Waals surface area contributed by atoms with Gasteiger partial charge < -0.3 is 10.1 Å². The Morgan fingerprint density at radius 2 is 2.00 bits per heavy atom. The smallest absolute Gasteiger partial charge is 0.0646 e. The monoisotopic (exact) mass is 233 g/mol. The highest BCUT2D eigenvalue weighted by molar-refractivity contribution is 5.24. The quantitative estimate of drug-likeness (QED) is 0.863. The zero-order valence-electron chi connectivity index (χ0n) is 11.1. The van der Waals surface area contributed by atoms with E-state index in [2.05, 4.69) is 50.4 Å². The standard InChI is InChI=1S/C15H23NO/c1-12(2)14-6-4-13(5-7-14)10-16-15(3)8-9-17-11-15/h4-7,12,16H,8-11H2,1-3H3. The molecule has 2 heteroatoms. The van der Waals surface area contributed by atoms with E-state index in [1.54, 1.807) is 0 Å². The van der Waals surface area contributed by atoms with Gasteiger partial charge >= 0.3 is 0 Å². The minimum atomic E-state index is 0.163. The van der Waals surface area contributed by atoms with Crippen LogP contribution in [0.4, 0.5) is 0 Å². The average Bonchev–Trinajstić information content (AvgIpc) is 2.75. The predicted octanol–water partition coefficient (Wildman–Crippen LogP) is 3.08. The fraction of sp³-hybridized carbons (Fsp3) is 0.600. The first kappa shape index (κ1) is 12.6. The number of nitrogens with one attached hydrogen (secondary N) is 1. The molecule has 1 aliphatic heterocycles. The lowest BCUT2D eigenvalue weighted by atomic mass is 10.00. The van der Waals surface area contributed by atoms with Gasteiger partial charge in [-0.15, -0.1) is 0 Å². The van der Waals surface area contributed by atoms with Crippen LogP contribution in [-0.4, -0.2) is 18.8 Å². The van der Waals surface area contributed by atoms with Crippen LogP contribution in [0.2, 0.25) is 0 Å². The Balaban J connectivity index is 1.90. The summed E-state index contributed by atoms with van der Waals surface area (Å²) in [6.45, 7) is 9.34. The van der Waals surface area contributed by atoms with Crippen LogP contribution in [0.15, 0.2) is 24.3 Å². The largest absolute Gasteiger partial charge is 0.379 e. The molecule has 0 aromatic heterocycles. The van der Waals surface area contributed by atoms with E-state index in [1.807, 2.05) is 0 Å². The molecule has 0 saturated carbocycles. The molecule has 1 aliphatic rings. The Morgan fingerprint density at radius 3 is 2.53 bits per heavy atom.